The highest BCUT2D eigenvalue weighted by molar-refractivity contribution is 7.89. The van der Waals surface area contributed by atoms with Crippen molar-refractivity contribution >= 4 is 21.7 Å². The maximum atomic E-state index is 14.0. The summed E-state index contributed by atoms with van der Waals surface area (Å²) in [6.07, 6.45) is 0. The maximum absolute atomic E-state index is 14.0. The van der Waals surface area contributed by atoms with Crippen LogP contribution in [0.5, 0.6) is 0 Å². The van der Waals surface area contributed by atoms with Crippen LogP contribution in [-0.2, 0) is 16.6 Å². The smallest absolute Gasteiger partial charge is 0.240 e. The highest BCUT2D eigenvalue weighted by Crippen LogP contribution is 2.22. The molecule has 1 saturated heterocycles. The first kappa shape index (κ1) is 22.0. The van der Waals surface area contributed by atoms with E-state index in [1.54, 1.807) is 31.3 Å². The average Bonchev–Trinajstić information content (AvgIpc) is 2.76. The Morgan fingerprint density at radius 2 is 1.73 bits per heavy atom. The number of aliphatic imine (C=N–C) groups is 1. The normalized spacial score (nSPS) is 15.4. The van der Waals surface area contributed by atoms with E-state index in [9.17, 15) is 17.2 Å². The fourth-order valence-electron chi connectivity index (χ4n) is 3.31. The third kappa shape index (κ3) is 5.06. The Bertz CT molecular complexity index is 1000. The van der Waals surface area contributed by atoms with Gasteiger partial charge in [-0.25, -0.2) is 21.9 Å². The number of benzene rings is 2. The number of anilines is 1. The molecule has 1 heterocycles. The molecule has 2 aromatic carbocycles. The predicted octanol–water partition coefficient (Wildman–Crippen LogP) is 1.77. The lowest BCUT2D eigenvalue weighted by molar-refractivity contribution is 0.370. The number of halogens is 2. The van der Waals surface area contributed by atoms with Gasteiger partial charge in [0.25, 0.3) is 0 Å². The SMILES string of the molecule is CN=C(NCc1ccc(S(=O)(=O)NC)cc1)N1CCN(c2cc(F)ccc2F)CC1. The number of hydrogen-bond acceptors (Lipinski definition) is 4. The van der Waals surface area contributed by atoms with E-state index in [0.29, 0.717) is 38.7 Å². The van der Waals surface area contributed by atoms with Crippen LogP contribution in [0, 0.1) is 11.6 Å². The summed E-state index contributed by atoms with van der Waals surface area (Å²) in [5.74, 6) is -0.197. The summed E-state index contributed by atoms with van der Waals surface area (Å²) < 4.78 is 53.4. The van der Waals surface area contributed by atoms with Crippen LogP contribution in [0.1, 0.15) is 5.56 Å². The molecule has 2 N–H and O–H groups in total. The molecule has 1 fully saturated rings. The Balaban J connectivity index is 1.57. The number of rotatable bonds is 5. The van der Waals surface area contributed by atoms with Crippen molar-refractivity contribution in [2.24, 2.45) is 4.99 Å². The average molecular weight is 438 g/mol. The molecule has 0 unspecified atom stereocenters. The molecular weight excluding hydrogens is 412 g/mol. The Hall–Kier alpha value is -2.72. The van der Waals surface area contributed by atoms with Crippen molar-refractivity contribution in [2.75, 3.05) is 45.2 Å². The predicted molar refractivity (Wildman–Crippen MR) is 113 cm³/mol. The Morgan fingerprint density at radius 3 is 2.33 bits per heavy atom. The van der Waals surface area contributed by atoms with Gasteiger partial charge in [0.15, 0.2) is 5.96 Å². The van der Waals surface area contributed by atoms with E-state index in [1.807, 2.05) is 9.80 Å². The summed E-state index contributed by atoms with van der Waals surface area (Å²) >= 11 is 0. The standard InChI is InChI=1S/C20H25F2N5O2S/c1-23-20(25-14-15-3-6-17(7-4-15)30(28,29)24-2)27-11-9-26(10-12-27)19-13-16(21)5-8-18(19)22/h3-8,13,24H,9-12,14H2,1-2H3,(H,23,25). The van der Waals surface area contributed by atoms with Crippen LogP contribution in [0.3, 0.4) is 0 Å². The van der Waals surface area contributed by atoms with Gasteiger partial charge in [-0.3, -0.25) is 4.99 Å². The molecule has 30 heavy (non-hydrogen) atoms. The minimum atomic E-state index is -3.46. The van der Waals surface area contributed by atoms with Crippen molar-refractivity contribution in [3.63, 3.8) is 0 Å². The van der Waals surface area contributed by atoms with Crippen LogP contribution < -0.4 is 14.9 Å². The fraction of sp³-hybridized carbons (Fsp3) is 0.350. The van der Waals surface area contributed by atoms with Crippen LogP contribution >= 0.6 is 0 Å². The van der Waals surface area contributed by atoms with Gasteiger partial charge in [-0.1, -0.05) is 12.1 Å². The molecule has 7 nitrogen and oxygen atoms in total. The second-order valence-corrected chi connectivity index (χ2v) is 8.71. The molecule has 1 aliphatic rings. The summed E-state index contributed by atoms with van der Waals surface area (Å²) in [7, 11) is -0.403. The van der Waals surface area contributed by atoms with Crippen LogP contribution in [0.4, 0.5) is 14.5 Å². The summed E-state index contributed by atoms with van der Waals surface area (Å²) in [5, 5.41) is 3.26. The lowest BCUT2D eigenvalue weighted by Crippen LogP contribution is -2.52. The monoisotopic (exact) mass is 437 g/mol. The van der Waals surface area contributed by atoms with E-state index >= 15 is 0 Å². The van der Waals surface area contributed by atoms with Crippen molar-refractivity contribution in [3.05, 3.63) is 59.7 Å². The molecule has 0 radical (unpaired) electrons. The number of piperazine rings is 1. The van der Waals surface area contributed by atoms with Crippen molar-refractivity contribution in [2.45, 2.75) is 11.4 Å². The largest absolute Gasteiger partial charge is 0.366 e. The lowest BCUT2D eigenvalue weighted by Gasteiger charge is -2.37. The molecule has 0 saturated carbocycles. The topological polar surface area (TPSA) is 77.0 Å². The van der Waals surface area contributed by atoms with Gasteiger partial charge in [-0.2, -0.15) is 0 Å². The molecular formula is C20H25F2N5O2S. The molecule has 2 aromatic rings. The van der Waals surface area contributed by atoms with Crippen molar-refractivity contribution < 1.29 is 17.2 Å². The molecule has 10 heteroatoms. The van der Waals surface area contributed by atoms with Gasteiger partial charge >= 0.3 is 0 Å². The van der Waals surface area contributed by atoms with Crippen molar-refractivity contribution in [1.82, 2.24) is 14.9 Å². The van der Waals surface area contributed by atoms with E-state index < -0.39 is 21.7 Å². The summed E-state index contributed by atoms with van der Waals surface area (Å²) in [5.41, 5.74) is 1.18. The maximum Gasteiger partial charge on any atom is 0.240 e. The minimum absolute atomic E-state index is 0.207. The van der Waals surface area contributed by atoms with E-state index in [1.165, 1.54) is 13.1 Å². The summed E-state index contributed by atoms with van der Waals surface area (Å²) in [6.45, 7) is 2.77. The molecule has 3 rings (SSSR count). The quantitative estimate of drug-likeness (QED) is 0.551. The second kappa shape index (κ2) is 9.40. The minimum Gasteiger partial charge on any atom is -0.366 e. The van der Waals surface area contributed by atoms with E-state index in [0.717, 1.165) is 17.7 Å². The zero-order valence-electron chi connectivity index (χ0n) is 16.9. The molecule has 0 amide bonds. The van der Waals surface area contributed by atoms with Gasteiger partial charge in [-0.15, -0.1) is 0 Å². The Kier molecular flexibility index (Phi) is 6.88. The van der Waals surface area contributed by atoms with Crippen LogP contribution in [0.15, 0.2) is 52.4 Å². The first-order valence-corrected chi connectivity index (χ1v) is 11.0. The van der Waals surface area contributed by atoms with Crippen LogP contribution in [0.2, 0.25) is 0 Å². The Morgan fingerprint density at radius 1 is 1.07 bits per heavy atom. The molecule has 162 valence electrons. The highest BCUT2D eigenvalue weighted by Gasteiger charge is 2.22. The van der Waals surface area contributed by atoms with Gasteiger partial charge in [0.1, 0.15) is 11.6 Å². The van der Waals surface area contributed by atoms with E-state index in [4.69, 9.17) is 0 Å². The van der Waals surface area contributed by atoms with Crippen molar-refractivity contribution in [3.8, 4) is 0 Å². The van der Waals surface area contributed by atoms with Gasteiger partial charge in [0, 0.05) is 45.8 Å². The fourth-order valence-corrected chi connectivity index (χ4v) is 4.04. The molecule has 0 aliphatic carbocycles. The second-order valence-electron chi connectivity index (χ2n) is 6.82. The number of sulfonamides is 1. The van der Waals surface area contributed by atoms with E-state index in [-0.39, 0.29) is 10.6 Å². The number of nitrogens with one attached hydrogen (secondary N) is 2. The molecule has 0 atom stereocenters. The number of hydrogen-bond donors (Lipinski definition) is 2. The molecule has 1 aliphatic heterocycles. The first-order chi connectivity index (χ1) is 14.3. The molecule has 0 bridgehead atoms. The van der Waals surface area contributed by atoms with Crippen LogP contribution in [0.25, 0.3) is 0 Å². The van der Waals surface area contributed by atoms with Gasteiger partial charge in [-0.05, 0) is 36.9 Å². The summed E-state index contributed by atoms with van der Waals surface area (Å²) in [4.78, 5) is 8.38. The summed E-state index contributed by atoms with van der Waals surface area (Å²) in [6, 6.07) is 10.1. The molecule has 0 spiro atoms. The Labute approximate surface area is 175 Å². The zero-order chi connectivity index (χ0) is 21.7. The third-order valence-corrected chi connectivity index (χ3v) is 6.42. The molecule has 0 aromatic heterocycles. The van der Waals surface area contributed by atoms with Gasteiger partial charge < -0.3 is 15.1 Å². The van der Waals surface area contributed by atoms with Gasteiger partial charge in [0.05, 0.1) is 10.6 Å². The number of guanidine groups is 1. The lowest BCUT2D eigenvalue weighted by atomic mass is 10.2. The first-order valence-electron chi connectivity index (χ1n) is 9.52. The van der Waals surface area contributed by atoms with Gasteiger partial charge in [0.2, 0.25) is 10.0 Å². The zero-order valence-corrected chi connectivity index (χ0v) is 17.7. The van der Waals surface area contributed by atoms with Crippen LogP contribution in [-0.4, -0.2) is 59.6 Å². The third-order valence-electron chi connectivity index (χ3n) is 4.99. The number of nitrogens with zero attached hydrogens (tertiary/aromatic N) is 3. The highest BCUT2D eigenvalue weighted by atomic mass is 32.2. The van der Waals surface area contributed by atoms with E-state index in [2.05, 4.69) is 15.0 Å². The van der Waals surface area contributed by atoms with Crippen molar-refractivity contribution in [1.29, 1.82) is 0 Å².